The van der Waals surface area contributed by atoms with Crippen molar-refractivity contribution in [2.75, 3.05) is 13.1 Å². The van der Waals surface area contributed by atoms with Gasteiger partial charge in [0.25, 0.3) is 5.56 Å². The average Bonchev–Trinajstić information content (AvgIpc) is 3.25. The summed E-state index contributed by atoms with van der Waals surface area (Å²) in [5.41, 5.74) is 0.868. The van der Waals surface area contributed by atoms with E-state index in [2.05, 4.69) is 24.0 Å². The minimum atomic E-state index is -0.297. The van der Waals surface area contributed by atoms with Crippen LogP contribution in [0.1, 0.15) is 20.3 Å². The molecule has 0 aromatic carbocycles. The molecule has 1 fully saturated rings. The Bertz CT molecular complexity index is 981. The summed E-state index contributed by atoms with van der Waals surface area (Å²) >= 11 is 1.57. The van der Waals surface area contributed by atoms with Crippen LogP contribution >= 0.6 is 11.3 Å². The molecule has 0 bridgehead atoms. The quantitative estimate of drug-likeness (QED) is 0.707. The number of rotatable bonds is 3. The Labute approximate surface area is 154 Å². The Morgan fingerprint density at radius 3 is 2.77 bits per heavy atom. The van der Waals surface area contributed by atoms with E-state index in [1.54, 1.807) is 17.4 Å². The molecular weight excluding hydrogens is 350 g/mol. The summed E-state index contributed by atoms with van der Waals surface area (Å²) in [5, 5.41) is 10.5. The third-order valence-electron chi connectivity index (χ3n) is 4.77. The second-order valence-corrected chi connectivity index (χ2v) is 8.12. The second kappa shape index (κ2) is 6.68. The molecule has 26 heavy (non-hydrogen) atoms. The van der Waals surface area contributed by atoms with Gasteiger partial charge in [0, 0.05) is 13.1 Å². The summed E-state index contributed by atoms with van der Waals surface area (Å²) in [5.74, 6) is 0.913. The van der Waals surface area contributed by atoms with Crippen LogP contribution in [0.4, 0.5) is 0 Å². The molecule has 4 rings (SSSR count). The van der Waals surface area contributed by atoms with Gasteiger partial charge in [0.1, 0.15) is 24.1 Å². The number of carbonyl (C=O) groups is 1. The molecule has 0 radical (unpaired) electrons. The van der Waals surface area contributed by atoms with Crippen molar-refractivity contribution in [3.8, 4) is 10.6 Å². The summed E-state index contributed by atoms with van der Waals surface area (Å²) in [4.78, 5) is 28.2. The van der Waals surface area contributed by atoms with E-state index in [0.29, 0.717) is 17.4 Å². The Morgan fingerprint density at radius 1 is 1.31 bits per heavy atom. The minimum absolute atomic E-state index is 0.0334. The molecule has 136 valence electrons. The number of aromatic nitrogens is 4. The molecule has 1 amide bonds. The lowest BCUT2D eigenvalue weighted by molar-refractivity contribution is -0.134. The first-order valence-electron chi connectivity index (χ1n) is 8.78. The molecule has 1 saturated heterocycles. The van der Waals surface area contributed by atoms with Crippen LogP contribution in [0.2, 0.25) is 0 Å². The summed E-state index contributed by atoms with van der Waals surface area (Å²) < 4.78 is 2.71. The van der Waals surface area contributed by atoms with Crippen molar-refractivity contribution in [3.63, 3.8) is 0 Å². The van der Waals surface area contributed by atoms with E-state index in [1.165, 1.54) is 15.5 Å². The van der Waals surface area contributed by atoms with Crippen LogP contribution in [-0.2, 0) is 11.3 Å². The molecule has 0 saturated carbocycles. The van der Waals surface area contributed by atoms with Gasteiger partial charge in [-0.25, -0.2) is 9.20 Å². The van der Waals surface area contributed by atoms with Crippen LogP contribution in [-0.4, -0.2) is 43.3 Å². The van der Waals surface area contributed by atoms with Gasteiger partial charge in [-0.3, -0.25) is 9.59 Å². The van der Waals surface area contributed by atoms with Gasteiger partial charge in [0.05, 0.1) is 4.88 Å². The Morgan fingerprint density at radius 2 is 2.08 bits per heavy atom. The van der Waals surface area contributed by atoms with E-state index in [0.717, 1.165) is 30.1 Å². The Kier molecular flexibility index (Phi) is 4.36. The predicted molar refractivity (Wildman–Crippen MR) is 100 cm³/mol. The van der Waals surface area contributed by atoms with E-state index < -0.39 is 0 Å². The van der Waals surface area contributed by atoms with Crippen molar-refractivity contribution in [2.45, 2.75) is 26.8 Å². The van der Waals surface area contributed by atoms with Crippen LogP contribution in [0.15, 0.2) is 34.7 Å². The smallest absolute Gasteiger partial charge is 0.293 e. The van der Waals surface area contributed by atoms with Crippen LogP contribution in [0, 0.1) is 11.8 Å². The highest BCUT2D eigenvalue weighted by Crippen LogP contribution is 2.23. The summed E-state index contributed by atoms with van der Waals surface area (Å²) in [6.45, 7) is 5.77. The van der Waals surface area contributed by atoms with Crippen molar-refractivity contribution in [3.05, 3.63) is 40.3 Å². The Balaban J connectivity index is 1.60. The van der Waals surface area contributed by atoms with Gasteiger partial charge in [-0.15, -0.1) is 11.3 Å². The zero-order valence-electron chi connectivity index (χ0n) is 14.8. The van der Waals surface area contributed by atoms with Gasteiger partial charge in [0.2, 0.25) is 5.91 Å². The molecular formula is C18H21N5O2S. The van der Waals surface area contributed by atoms with E-state index in [-0.39, 0.29) is 18.0 Å². The molecule has 3 aromatic heterocycles. The van der Waals surface area contributed by atoms with Crippen LogP contribution in [0.25, 0.3) is 16.1 Å². The first-order valence-corrected chi connectivity index (χ1v) is 9.66. The number of fused-ring (bicyclic) bond motifs is 1. The van der Waals surface area contributed by atoms with Gasteiger partial charge in [-0.05, 0) is 35.8 Å². The predicted octanol–water partition coefficient (Wildman–Crippen LogP) is 2.12. The normalized spacial score (nSPS) is 20.6. The fourth-order valence-electron chi connectivity index (χ4n) is 3.69. The number of nitrogens with zero attached hydrogens (tertiary/aromatic N) is 5. The molecule has 0 aliphatic carbocycles. The van der Waals surface area contributed by atoms with E-state index in [9.17, 15) is 9.59 Å². The zero-order valence-corrected chi connectivity index (χ0v) is 15.6. The molecule has 0 N–H and O–H groups in total. The van der Waals surface area contributed by atoms with Crippen molar-refractivity contribution >= 4 is 22.8 Å². The van der Waals surface area contributed by atoms with Crippen molar-refractivity contribution in [1.29, 1.82) is 0 Å². The number of amides is 1. The van der Waals surface area contributed by atoms with Crippen LogP contribution in [0.3, 0.4) is 0 Å². The maximum Gasteiger partial charge on any atom is 0.293 e. The highest BCUT2D eigenvalue weighted by molar-refractivity contribution is 7.13. The van der Waals surface area contributed by atoms with Crippen molar-refractivity contribution in [2.24, 2.45) is 11.8 Å². The highest BCUT2D eigenvalue weighted by atomic mass is 32.1. The zero-order chi connectivity index (χ0) is 18.3. The lowest BCUT2D eigenvalue weighted by Crippen LogP contribution is -2.45. The standard InChI is InChI=1S/C18H21N5O2S/c1-12-6-13(2)9-21(8-12)17(24)10-22-18(25)15-7-14(16-4-3-5-26-16)20-23(15)11-19-22/h3-5,7,11-13H,6,8-10H2,1-2H3. The lowest BCUT2D eigenvalue weighted by Gasteiger charge is -2.35. The molecule has 4 heterocycles. The molecule has 1 aliphatic heterocycles. The first kappa shape index (κ1) is 17.0. The van der Waals surface area contributed by atoms with E-state index in [1.807, 2.05) is 22.4 Å². The fraction of sp³-hybridized carbons (Fsp3) is 0.444. The summed E-state index contributed by atoms with van der Waals surface area (Å²) in [7, 11) is 0. The second-order valence-electron chi connectivity index (χ2n) is 7.18. The van der Waals surface area contributed by atoms with Gasteiger partial charge in [0.15, 0.2) is 0 Å². The highest BCUT2D eigenvalue weighted by Gasteiger charge is 2.26. The maximum atomic E-state index is 12.7. The number of likely N-dealkylation sites (tertiary alicyclic amines) is 1. The molecule has 0 spiro atoms. The Hall–Kier alpha value is -2.48. The minimum Gasteiger partial charge on any atom is -0.341 e. The summed E-state index contributed by atoms with van der Waals surface area (Å²) in [6, 6.07) is 5.66. The average molecular weight is 371 g/mol. The maximum absolute atomic E-state index is 12.7. The third-order valence-corrected chi connectivity index (χ3v) is 5.66. The largest absolute Gasteiger partial charge is 0.341 e. The molecule has 8 heteroatoms. The number of piperidine rings is 1. The number of thiophene rings is 1. The topological polar surface area (TPSA) is 72.5 Å². The lowest BCUT2D eigenvalue weighted by atomic mass is 9.92. The SMILES string of the molecule is CC1CC(C)CN(C(=O)Cn2ncn3nc(-c4cccs4)cc3c2=O)C1. The van der Waals surface area contributed by atoms with Gasteiger partial charge in [-0.1, -0.05) is 19.9 Å². The van der Waals surface area contributed by atoms with Gasteiger partial charge in [-0.2, -0.15) is 10.2 Å². The van der Waals surface area contributed by atoms with Gasteiger partial charge >= 0.3 is 0 Å². The fourth-order valence-corrected chi connectivity index (χ4v) is 4.37. The molecule has 7 nitrogen and oxygen atoms in total. The van der Waals surface area contributed by atoms with Crippen molar-refractivity contribution in [1.82, 2.24) is 24.3 Å². The van der Waals surface area contributed by atoms with Crippen molar-refractivity contribution < 1.29 is 4.79 Å². The third kappa shape index (κ3) is 3.16. The number of carbonyl (C=O) groups excluding carboxylic acids is 1. The van der Waals surface area contributed by atoms with Gasteiger partial charge < -0.3 is 4.90 Å². The molecule has 3 aromatic rings. The van der Waals surface area contributed by atoms with E-state index in [4.69, 9.17) is 0 Å². The van der Waals surface area contributed by atoms with E-state index >= 15 is 0 Å². The first-order chi connectivity index (χ1) is 12.5. The molecule has 1 aliphatic rings. The van der Waals surface area contributed by atoms with Crippen LogP contribution in [0.5, 0.6) is 0 Å². The molecule has 2 unspecified atom stereocenters. The number of hydrogen-bond acceptors (Lipinski definition) is 5. The monoisotopic (exact) mass is 371 g/mol. The molecule has 2 atom stereocenters. The number of hydrogen-bond donors (Lipinski definition) is 0. The summed E-state index contributed by atoms with van der Waals surface area (Å²) in [6.07, 6.45) is 2.62. The van der Waals surface area contributed by atoms with Crippen LogP contribution < -0.4 is 5.56 Å².